The maximum absolute atomic E-state index is 14.2. The summed E-state index contributed by atoms with van der Waals surface area (Å²) in [5.74, 6) is -4.79. The van der Waals surface area contributed by atoms with Crippen molar-refractivity contribution in [2.45, 2.75) is 65.2 Å². The first-order valence-electron chi connectivity index (χ1n) is 10.2. The zero-order chi connectivity index (χ0) is 21.2. The summed E-state index contributed by atoms with van der Waals surface area (Å²) in [7, 11) is -0.572. The van der Waals surface area contributed by atoms with E-state index in [1.54, 1.807) is 0 Å². The number of halogens is 4. The lowest BCUT2D eigenvalue weighted by Gasteiger charge is -2.12. The summed E-state index contributed by atoms with van der Waals surface area (Å²) in [5, 5.41) is 0. The largest absolute Gasteiger partial charge is 0.576 e. The summed E-state index contributed by atoms with van der Waals surface area (Å²) >= 11 is 0. The summed E-state index contributed by atoms with van der Waals surface area (Å²) < 4.78 is 66.7. The van der Waals surface area contributed by atoms with E-state index in [0.29, 0.717) is 12.8 Å². The Hall–Kier alpha value is -2.18. The Morgan fingerprint density at radius 1 is 0.621 bits per heavy atom. The Kier molecular flexibility index (Phi) is 9.35. The molecule has 0 spiro atoms. The van der Waals surface area contributed by atoms with Crippen molar-refractivity contribution in [1.82, 2.24) is 0 Å². The fourth-order valence-corrected chi connectivity index (χ4v) is 3.04. The van der Waals surface area contributed by atoms with Crippen LogP contribution in [0.15, 0.2) is 24.3 Å². The number of benzene rings is 2. The van der Waals surface area contributed by atoms with Crippen LogP contribution in [0, 0.1) is 23.3 Å². The highest BCUT2D eigenvalue weighted by atomic mass is 19.2. The second-order valence-corrected chi connectivity index (χ2v) is 7.02. The number of hydrogen-bond acceptors (Lipinski definition) is 2. The molecule has 0 atom stereocenters. The first-order chi connectivity index (χ1) is 14.0. The van der Waals surface area contributed by atoms with Gasteiger partial charge in [0.1, 0.15) is 11.5 Å². The van der Waals surface area contributed by atoms with Gasteiger partial charge in [-0.1, -0.05) is 51.7 Å². The third kappa shape index (κ3) is 6.41. The normalized spacial score (nSPS) is 10.8. The van der Waals surface area contributed by atoms with Crippen LogP contribution >= 0.6 is 0 Å². The second kappa shape index (κ2) is 11.7. The number of hydrogen-bond donors (Lipinski definition) is 0. The minimum Gasteiger partial charge on any atom is -0.526 e. The highest BCUT2D eigenvalue weighted by Crippen LogP contribution is 2.26. The van der Waals surface area contributed by atoms with Gasteiger partial charge in [-0.2, -0.15) is 8.78 Å². The van der Waals surface area contributed by atoms with Crippen molar-refractivity contribution in [1.29, 1.82) is 0 Å². The van der Waals surface area contributed by atoms with E-state index in [2.05, 4.69) is 0 Å². The van der Waals surface area contributed by atoms with Crippen molar-refractivity contribution in [3.63, 3.8) is 0 Å². The molecule has 7 heteroatoms. The Bertz CT molecular complexity index is 733. The third-order valence-corrected chi connectivity index (χ3v) is 4.78. The van der Waals surface area contributed by atoms with Gasteiger partial charge in [-0.3, -0.25) is 0 Å². The molecule has 0 saturated carbocycles. The van der Waals surface area contributed by atoms with Gasteiger partial charge in [0.25, 0.3) is 0 Å². The molecule has 0 aliphatic rings. The van der Waals surface area contributed by atoms with E-state index in [1.165, 1.54) is 24.3 Å². The van der Waals surface area contributed by atoms with E-state index < -0.39 is 31.0 Å². The zero-order valence-electron chi connectivity index (χ0n) is 17.0. The maximum atomic E-state index is 14.2. The average molecular weight is 410 g/mol. The van der Waals surface area contributed by atoms with Gasteiger partial charge in [-0.15, -0.1) is 0 Å². The average Bonchev–Trinajstić information content (AvgIpc) is 2.71. The molecule has 0 fully saturated rings. The Morgan fingerprint density at radius 3 is 1.41 bits per heavy atom. The molecule has 0 aliphatic carbocycles. The Morgan fingerprint density at radius 2 is 1.03 bits per heavy atom. The summed E-state index contributed by atoms with van der Waals surface area (Å²) in [6.07, 6.45) is 6.29. The van der Waals surface area contributed by atoms with Crippen LogP contribution in [0.2, 0.25) is 0 Å². The van der Waals surface area contributed by atoms with Crippen LogP contribution in [0.5, 0.6) is 11.5 Å². The standard InChI is InChI=1S/C22H27BF4O2/c1-3-5-7-9-15-11-13-17(21(26)19(15)24)28-23-29-18-14-12-16(10-8-6-4-2)20(25)22(18)27/h11-14,23H,3-10H2,1-2H3. The third-order valence-electron chi connectivity index (χ3n) is 4.78. The van der Waals surface area contributed by atoms with Crippen molar-refractivity contribution in [2.75, 3.05) is 0 Å². The molecule has 0 amide bonds. The van der Waals surface area contributed by atoms with Crippen molar-refractivity contribution in [3.8, 4) is 11.5 Å². The summed E-state index contributed by atoms with van der Waals surface area (Å²) in [4.78, 5) is 0. The quantitative estimate of drug-likeness (QED) is 0.228. The molecule has 0 aliphatic heterocycles. The van der Waals surface area contributed by atoms with Gasteiger partial charge >= 0.3 is 7.69 Å². The lowest BCUT2D eigenvalue weighted by Crippen LogP contribution is -2.14. The second-order valence-electron chi connectivity index (χ2n) is 7.02. The monoisotopic (exact) mass is 410 g/mol. The number of aryl methyl sites for hydroxylation is 2. The fourth-order valence-electron chi connectivity index (χ4n) is 3.04. The van der Waals surface area contributed by atoms with Crippen LogP contribution in [0.25, 0.3) is 0 Å². The van der Waals surface area contributed by atoms with Crippen LogP contribution in [-0.2, 0) is 12.8 Å². The zero-order valence-corrected chi connectivity index (χ0v) is 17.0. The van der Waals surface area contributed by atoms with E-state index >= 15 is 0 Å². The van der Waals surface area contributed by atoms with Crippen LogP contribution in [-0.4, -0.2) is 7.69 Å². The molecule has 0 heterocycles. The molecule has 2 rings (SSSR count). The van der Waals surface area contributed by atoms with Gasteiger partial charge < -0.3 is 9.31 Å². The summed E-state index contributed by atoms with van der Waals surface area (Å²) in [6.45, 7) is 4.06. The number of rotatable bonds is 12. The smallest absolute Gasteiger partial charge is 0.526 e. The fraction of sp³-hybridized carbons (Fsp3) is 0.455. The molecule has 0 unspecified atom stereocenters. The van der Waals surface area contributed by atoms with Crippen molar-refractivity contribution < 1.29 is 26.9 Å². The molecule has 0 bridgehead atoms. The predicted octanol–water partition coefficient (Wildman–Crippen LogP) is 6.43. The Labute approximate surface area is 170 Å². The van der Waals surface area contributed by atoms with Gasteiger partial charge in [0.2, 0.25) is 0 Å². The highest BCUT2D eigenvalue weighted by Gasteiger charge is 2.17. The van der Waals surface area contributed by atoms with Crippen molar-refractivity contribution >= 4 is 7.69 Å². The molecule has 0 N–H and O–H groups in total. The summed E-state index contributed by atoms with van der Waals surface area (Å²) in [6, 6.07) is 5.57. The molecular weight excluding hydrogens is 383 g/mol. The van der Waals surface area contributed by atoms with Crippen LogP contribution in [0.3, 0.4) is 0 Å². The SMILES string of the molecule is CCCCCc1ccc(OBOc2ccc(CCCCC)c(F)c2F)c(F)c1F. The molecule has 29 heavy (non-hydrogen) atoms. The van der Waals surface area contributed by atoms with Crippen molar-refractivity contribution in [3.05, 3.63) is 58.7 Å². The van der Waals surface area contributed by atoms with E-state index in [0.717, 1.165) is 38.5 Å². The van der Waals surface area contributed by atoms with Gasteiger partial charge in [0, 0.05) is 0 Å². The van der Waals surface area contributed by atoms with Gasteiger partial charge in [-0.25, -0.2) is 8.78 Å². The van der Waals surface area contributed by atoms with E-state index in [-0.39, 0.29) is 22.6 Å². The highest BCUT2D eigenvalue weighted by molar-refractivity contribution is 6.20. The molecule has 0 radical (unpaired) electrons. The molecular formula is C22H27BF4O2. The lowest BCUT2D eigenvalue weighted by atomic mass is 10.1. The molecule has 2 aromatic carbocycles. The van der Waals surface area contributed by atoms with E-state index in [4.69, 9.17) is 9.31 Å². The Balaban J connectivity index is 1.95. The lowest BCUT2D eigenvalue weighted by molar-refractivity contribution is 0.396. The van der Waals surface area contributed by atoms with Gasteiger partial charge in [0.15, 0.2) is 23.3 Å². The van der Waals surface area contributed by atoms with E-state index in [9.17, 15) is 17.6 Å². The molecule has 2 aromatic rings. The van der Waals surface area contributed by atoms with Gasteiger partial charge in [0.05, 0.1) is 0 Å². The molecule has 2 nitrogen and oxygen atoms in total. The van der Waals surface area contributed by atoms with Gasteiger partial charge in [-0.05, 0) is 48.9 Å². The first-order valence-corrected chi connectivity index (χ1v) is 10.2. The minimum absolute atomic E-state index is 0.288. The molecule has 158 valence electrons. The van der Waals surface area contributed by atoms with E-state index in [1.807, 2.05) is 13.8 Å². The topological polar surface area (TPSA) is 18.5 Å². The maximum Gasteiger partial charge on any atom is 0.576 e. The predicted molar refractivity (Wildman–Crippen MR) is 108 cm³/mol. The molecule has 0 saturated heterocycles. The van der Waals surface area contributed by atoms with Crippen LogP contribution in [0.1, 0.15) is 63.5 Å². The summed E-state index contributed by atoms with van der Waals surface area (Å²) in [5.41, 5.74) is 0.576. The number of unbranched alkanes of at least 4 members (excludes halogenated alkanes) is 4. The molecule has 0 aromatic heterocycles. The van der Waals surface area contributed by atoms with Crippen LogP contribution < -0.4 is 9.31 Å². The van der Waals surface area contributed by atoms with Crippen molar-refractivity contribution in [2.24, 2.45) is 0 Å². The minimum atomic E-state index is -1.11. The first kappa shape index (κ1) is 23.1. The van der Waals surface area contributed by atoms with Crippen LogP contribution in [0.4, 0.5) is 17.6 Å².